The molecule has 0 spiro atoms. The topological polar surface area (TPSA) is 161 Å². The van der Waals surface area contributed by atoms with Gasteiger partial charge in [-0.2, -0.15) is 10.2 Å². The van der Waals surface area contributed by atoms with Crippen LogP contribution < -0.4 is 15.6 Å². The fraction of sp³-hybridized carbons (Fsp3) is 0.214. The highest BCUT2D eigenvalue weighted by Gasteiger charge is 2.58. The summed E-state index contributed by atoms with van der Waals surface area (Å²) in [6.07, 6.45) is 0.0153. The minimum atomic E-state index is -1.28. The summed E-state index contributed by atoms with van der Waals surface area (Å²) in [5.41, 5.74) is 2.18. The van der Waals surface area contributed by atoms with Crippen LogP contribution in [0, 0.1) is 10.1 Å². The summed E-state index contributed by atoms with van der Waals surface area (Å²) in [5.74, 6) is -0.653. The van der Waals surface area contributed by atoms with Gasteiger partial charge in [0.05, 0.1) is 16.7 Å². The zero-order valence-corrected chi connectivity index (χ0v) is 22.5. The maximum atomic E-state index is 13.9. The smallest absolute Gasteiger partial charge is 0.306 e. The molecule has 5 amide bonds. The minimum absolute atomic E-state index is 0.130. The number of nitro groups is 1. The number of hydrazone groups is 1. The Bertz CT molecular complexity index is 1470. The number of hydrogen-bond acceptors (Lipinski definition) is 7. The van der Waals surface area contributed by atoms with Gasteiger partial charge in [0.1, 0.15) is 6.04 Å². The molecule has 1 fully saturated rings. The van der Waals surface area contributed by atoms with Crippen LogP contribution >= 0.6 is 0 Å². The number of non-ortho nitro benzene ring substituents is 1. The molecule has 13 nitrogen and oxygen atoms in total. The average molecular weight is 560 g/mol. The molecule has 2 atom stereocenters. The van der Waals surface area contributed by atoms with E-state index in [0.29, 0.717) is 22.0 Å². The van der Waals surface area contributed by atoms with E-state index in [1.54, 1.807) is 80.6 Å². The Kier molecular flexibility index (Phi) is 8.29. The normalized spacial score (nSPS) is 16.9. The number of rotatable bonds is 8. The number of benzene rings is 3. The van der Waals surface area contributed by atoms with Gasteiger partial charge in [0, 0.05) is 29.1 Å². The third kappa shape index (κ3) is 5.99. The molecule has 1 saturated heterocycles. The molecule has 3 aromatic rings. The van der Waals surface area contributed by atoms with Gasteiger partial charge in [0.25, 0.3) is 11.6 Å². The number of hydrogen-bond donors (Lipinski definition) is 3. The summed E-state index contributed by atoms with van der Waals surface area (Å²) in [5, 5.41) is 29.1. The zero-order valence-electron chi connectivity index (χ0n) is 22.5. The number of para-hydroxylation sites is 2. The van der Waals surface area contributed by atoms with Crippen LogP contribution in [-0.4, -0.2) is 62.0 Å². The van der Waals surface area contributed by atoms with Crippen molar-refractivity contribution in [3.63, 3.8) is 0 Å². The van der Waals surface area contributed by atoms with Crippen LogP contribution in [0.2, 0.25) is 0 Å². The molecule has 0 aromatic heterocycles. The van der Waals surface area contributed by atoms with Crippen LogP contribution in [0.4, 0.5) is 26.7 Å². The van der Waals surface area contributed by atoms with Crippen LogP contribution in [-0.2, 0) is 4.79 Å². The van der Waals surface area contributed by atoms with E-state index in [1.165, 1.54) is 41.1 Å². The van der Waals surface area contributed by atoms with Crippen LogP contribution in [0.5, 0.6) is 0 Å². The molecule has 1 aliphatic heterocycles. The van der Waals surface area contributed by atoms with Gasteiger partial charge in [-0.3, -0.25) is 25.0 Å². The van der Waals surface area contributed by atoms with E-state index in [4.69, 9.17) is 0 Å². The molecule has 0 radical (unpaired) electrons. The van der Waals surface area contributed by atoms with Gasteiger partial charge in [-0.25, -0.2) is 15.0 Å². The average Bonchev–Trinajstić information content (AvgIpc) is 3.17. The summed E-state index contributed by atoms with van der Waals surface area (Å²) in [6, 6.07) is 20.1. The lowest BCUT2D eigenvalue weighted by Crippen LogP contribution is -2.60. The first-order valence-corrected chi connectivity index (χ1v) is 12.6. The molecule has 3 aromatic carbocycles. The molecule has 1 heterocycles. The van der Waals surface area contributed by atoms with Gasteiger partial charge in [0.2, 0.25) is 0 Å². The predicted octanol–water partition coefficient (Wildman–Crippen LogP) is 4.40. The number of nitrogens with one attached hydrogen (secondary N) is 2. The number of carbonyl (C=O) groups is 3. The predicted molar refractivity (Wildman–Crippen MR) is 151 cm³/mol. The van der Waals surface area contributed by atoms with E-state index in [1.807, 2.05) is 0 Å². The Morgan fingerprint density at radius 3 is 2.34 bits per heavy atom. The maximum Gasteiger partial charge on any atom is 0.347 e. The van der Waals surface area contributed by atoms with E-state index in [9.17, 15) is 29.7 Å². The number of urea groups is 2. The Morgan fingerprint density at radius 2 is 1.71 bits per heavy atom. The summed E-state index contributed by atoms with van der Waals surface area (Å²) in [4.78, 5) is 53.1. The van der Waals surface area contributed by atoms with Crippen molar-refractivity contribution in [3.05, 3.63) is 101 Å². The van der Waals surface area contributed by atoms with Crippen molar-refractivity contribution >= 4 is 41.2 Å². The van der Waals surface area contributed by atoms with Crippen LogP contribution in [0.25, 0.3) is 0 Å². The Labute approximate surface area is 235 Å². The molecular formula is C28H29N7O6. The largest absolute Gasteiger partial charge is 0.347 e. The minimum Gasteiger partial charge on any atom is -0.306 e. The molecule has 41 heavy (non-hydrogen) atoms. The molecule has 212 valence electrons. The molecule has 0 aliphatic carbocycles. The van der Waals surface area contributed by atoms with Crippen molar-refractivity contribution in [1.82, 2.24) is 15.4 Å². The second-order valence-electron chi connectivity index (χ2n) is 9.79. The highest BCUT2D eigenvalue weighted by atomic mass is 16.6. The van der Waals surface area contributed by atoms with Crippen molar-refractivity contribution in [1.29, 1.82) is 0 Å². The van der Waals surface area contributed by atoms with Crippen molar-refractivity contribution in [3.8, 4) is 0 Å². The number of anilines is 2. The van der Waals surface area contributed by atoms with Crippen molar-refractivity contribution < 1.29 is 24.5 Å². The fourth-order valence-electron chi connectivity index (χ4n) is 4.73. The number of amides is 5. The molecule has 0 bridgehead atoms. The third-order valence-corrected chi connectivity index (χ3v) is 6.64. The fourth-order valence-corrected chi connectivity index (χ4v) is 4.73. The summed E-state index contributed by atoms with van der Waals surface area (Å²) >= 11 is 0. The highest BCUT2D eigenvalue weighted by molar-refractivity contribution is 6.00. The van der Waals surface area contributed by atoms with E-state index >= 15 is 0 Å². The molecule has 13 heteroatoms. The number of carbonyl (C=O) groups excluding carboxylic acids is 3. The number of nitro benzene ring substituents is 1. The molecule has 1 aliphatic rings. The second-order valence-corrected chi connectivity index (χ2v) is 9.79. The van der Waals surface area contributed by atoms with Crippen molar-refractivity contribution in [2.75, 3.05) is 10.2 Å². The quantitative estimate of drug-likeness (QED) is 0.160. The second kappa shape index (κ2) is 11.8. The third-order valence-electron chi connectivity index (χ3n) is 6.64. The van der Waals surface area contributed by atoms with Crippen LogP contribution in [0.1, 0.15) is 26.3 Å². The van der Waals surface area contributed by atoms with Gasteiger partial charge in [-0.05, 0) is 45.0 Å². The summed E-state index contributed by atoms with van der Waals surface area (Å²) in [7, 11) is 0. The Hall–Kier alpha value is -5.30. The SMILES string of the molecule is CC(C(=O)N/N=C\c1cccc([N+](=O)[O-])c1)N1C(=O)N(c2ccccc2)C(N(O)C(=O)Nc2ccccc2)C1(C)C. The van der Waals surface area contributed by atoms with Gasteiger partial charge >= 0.3 is 12.1 Å². The van der Waals surface area contributed by atoms with E-state index in [-0.39, 0.29) is 5.69 Å². The molecule has 2 unspecified atom stereocenters. The van der Waals surface area contributed by atoms with Gasteiger partial charge in [0.15, 0.2) is 6.17 Å². The van der Waals surface area contributed by atoms with E-state index in [0.717, 1.165) is 0 Å². The lowest BCUT2D eigenvalue weighted by molar-refractivity contribution is -0.384. The highest BCUT2D eigenvalue weighted by Crippen LogP contribution is 2.39. The maximum absolute atomic E-state index is 13.9. The molecule has 0 saturated carbocycles. The monoisotopic (exact) mass is 559 g/mol. The van der Waals surface area contributed by atoms with Gasteiger partial charge in [-0.1, -0.05) is 48.5 Å². The van der Waals surface area contributed by atoms with Crippen molar-refractivity contribution in [2.24, 2.45) is 5.10 Å². The zero-order chi connectivity index (χ0) is 29.7. The standard InChI is InChI=1S/C28H29N7O6/c1-19(24(36)31-29-18-20-11-10-16-23(17-20)35(40)41)33-27(38)32(22-14-8-5-9-15-22)25(28(33,2)3)34(39)26(37)30-21-12-6-4-7-13-21/h4-19,25,39H,1-3H3,(H,30,37)(H,31,36)/b29-18-. The Morgan fingerprint density at radius 1 is 1.07 bits per heavy atom. The lowest BCUT2D eigenvalue weighted by Gasteiger charge is -2.39. The van der Waals surface area contributed by atoms with Gasteiger partial charge in [-0.15, -0.1) is 0 Å². The first-order valence-electron chi connectivity index (χ1n) is 12.6. The van der Waals surface area contributed by atoms with Crippen LogP contribution in [0.3, 0.4) is 0 Å². The molecule has 3 N–H and O–H groups in total. The first kappa shape index (κ1) is 28.7. The lowest BCUT2D eigenvalue weighted by atomic mass is 9.98. The summed E-state index contributed by atoms with van der Waals surface area (Å²) < 4.78 is 0. The first-order chi connectivity index (χ1) is 19.5. The Balaban J connectivity index is 1.59. The van der Waals surface area contributed by atoms with E-state index in [2.05, 4.69) is 15.8 Å². The van der Waals surface area contributed by atoms with Gasteiger partial charge < -0.3 is 10.2 Å². The number of nitrogens with zero attached hydrogens (tertiary/aromatic N) is 5. The van der Waals surface area contributed by atoms with Crippen molar-refractivity contribution in [2.45, 2.75) is 38.5 Å². The van der Waals surface area contributed by atoms with E-state index < -0.39 is 40.6 Å². The van der Waals surface area contributed by atoms with Crippen LogP contribution in [0.15, 0.2) is 90.0 Å². The number of hydroxylamine groups is 2. The molecule has 4 rings (SSSR count). The summed E-state index contributed by atoms with van der Waals surface area (Å²) in [6.45, 7) is 4.76. The molecular weight excluding hydrogens is 530 g/mol.